The van der Waals surface area contributed by atoms with Crippen LogP contribution in [0.25, 0.3) is 0 Å². The van der Waals surface area contributed by atoms with E-state index in [9.17, 15) is 19.0 Å². The molecule has 0 aliphatic heterocycles. The fourth-order valence-electron chi connectivity index (χ4n) is 6.17. The number of esters is 2. The maximum atomic E-state index is 12.7. The van der Waals surface area contributed by atoms with Gasteiger partial charge in [0.15, 0.2) is 6.10 Å². The number of nitrogens with two attached hydrogens (primary N) is 1. The Morgan fingerprint density at radius 3 is 1.17 bits per heavy atom. The van der Waals surface area contributed by atoms with E-state index in [2.05, 4.69) is 160 Å². The number of carbonyl (C=O) groups is 2. The van der Waals surface area contributed by atoms with Crippen LogP contribution in [0.1, 0.15) is 168 Å². The lowest BCUT2D eigenvalue weighted by Gasteiger charge is -2.19. The van der Waals surface area contributed by atoms with Gasteiger partial charge in [-0.1, -0.05) is 204 Å². The second-order valence-electron chi connectivity index (χ2n) is 16.3. The summed E-state index contributed by atoms with van der Waals surface area (Å²) in [5, 5.41) is 0. The molecule has 0 saturated heterocycles. The predicted octanol–water partition coefficient (Wildman–Crippen LogP) is 16.2. The second-order valence-corrected chi connectivity index (χ2v) is 17.7. The summed E-state index contributed by atoms with van der Waals surface area (Å²) >= 11 is 0. The van der Waals surface area contributed by atoms with Crippen LogP contribution in [0.3, 0.4) is 0 Å². The Bertz CT molecular complexity index is 1680. The van der Waals surface area contributed by atoms with Crippen molar-refractivity contribution in [1.82, 2.24) is 0 Å². The predicted molar refractivity (Wildman–Crippen MR) is 293 cm³/mol. The quantitative estimate of drug-likeness (QED) is 0.0265. The van der Waals surface area contributed by atoms with Crippen LogP contribution < -0.4 is 5.73 Å². The van der Waals surface area contributed by atoms with Crippen LogP contribution in [0.2, 0.25) is 0 Å². The summed E-state index contributed by atoms with van der Waals surface area (Å²) < 4.78 is 32.8. The highest BCUT2D eigenvalue weighted by Crippen LogP contribution is 2.43. The molecule has 0 heterocycles. The molecular formula is C59H92NO8P. The third-order valence-electron chi connectivity index (χ3n) is 9.92. The average Bonchev–Trinajstić information content (AvgIpc) is 3.34. The van der Waals surface area contributed by atoms with Gasteiger partial charge in [-0.05, 0) is 109 Å². The number of carbonyl (C=O) groups excluding carboxylic acids is 2. The summed E-state index contributed by atoms with van der Waals surface area (Å²) in [5.41, 5.74) is 5.36. The van der Waals surface area contributed by atoms with E-state index in [0.29, 0.717) is 12.8 Å². The van der Waals surface area contributed by atoms with Crippen LogP contribution in [0, 0.1) is 0 Å². The molecule has 0 rings (SSSR count). The maximum absolute atomic E-state index is 12.7. The zero-order chi connectivity index (χ0) is 50.2. The molecule has 0 bridgehead atoms. The minimum atomic E-state index is -4.42. The van der Waals surface area contributed by atoms with Crippen molar-refractivity contribution in [1.29, 1.82) is 0 Å². The molecule has 0 aromatic rings. The first-order chi connectivity index (χ1) is 33.8. The molecular weight excluding hydrogens is 882 g/mol. The summed E-state index contributed by atoms with van der Waals surface area (Å²) in [7, 11) is -4.42. The van der Waals surface area contributed by atoms with Crippen molar-refractivity contribution in [3.05, 3.63) is 158 Å². The molecule has 0 aromatic carbocycles. The molecule has 10 heteroatoms. The summed E-state index contributed by atoms with van der Waals surface area (Å²) in [5.74, 6) is -0.955. The van der Waals surface area contributed by atoms with Crippen LogP contribution in [0.4, 0.5) is 0 Å². The molecule has 386 valence electrons. The number of unbranched alkanes of at least 4 members (excludes halogenated alkanes) is 7. The molecule has 0 aromatic heterocycles. The number of hydrogen-bond acceptors (Lipinski definition) is 8. The summed E-state index contributed by atoms with van der Waals surface area (Å²) in [4.78, 5) is 35.0. The minimum absolute atomic E-state index is 0.0321. The molecule has 2 unspecified atom stereocenters. The van der Waals surface area contributed by atoms with Crippen LogP contribution in [0.15, 0.2) is 158 Å². The third kappa shape index (κ3) is 52.8. The molecule has 0 aliphatic carbocycles. The van der Waals surface area contributed by atoms with Gasteiger partial charge in [0.05, 0.1) is 13.2 Å². The van der Waals surface area contributed by atoms with E-state index in [-0.39, 0.29) is 32.6 Å². The number of rotatable bonds is 46. The Kier molecular flexibility index (Phi) is 49.6. The van der Waals surface area contributed by atoms with Gasteiger partial charge in [0, 0.05) is 19.4 Å². The minimum Gasteiger partial charge on any atom is -0.462 e. The standard InChI is InChI=1S/C59H92NO8P/c1-3-5-7-9-11-13-15-17-19-21-23-24-25-26-27-28-29-30-31-32-34-36-38-40-42-44-46-48-50-52-59(62)68-57(56-67-69(63,64)66-54-53-60)55-65-58(61)51-49-47-45-43-41-39-37-35-33-22-20-18-16-14-12-10-8-6-4-2/h5-8,11-14,17-20,23-24,26-27,29-30,32-35,39,41,45,47,57H,3-4,9-10,15-16,21-22,25,28,31,36-38,40,42-44,46,48-56,60H2,1-2H3,(H,63,64)/b7-5-,8-6-,13-11-,14-12-,19-17-,20-18-,24-23-,27-26-,30-29-,34-32-,35-33-,41-39-,47-45-. The molecule has 0 aliphatic rings. The molecule has 0 radical (unpaired) electrons. The van der Waals surface area contributed by atoms with Crippen LogP contribution in [-0.4, -0.2) is 49.3 Å². The lowest BCUT2D eigenvalue weighted by atomic mass is 10.1. The highest BCUT2D eigenvalue weighted by molar-refractivity contribution is 7.47. The molecule has 0 fully saturated rings. The molecule has 2 atom stereocenters. The van der Waals surface area contributed by atoms with Crippen LogP contribution in [0.5, 0.6) is 0 Å². The molecule has 0 amide bonds. The lowest BCUT2D eigenvalue weighted by molar-refractivity contribution is -0.161. The number of ether oxygens (including phenoxy) is 2. The summed E-state index contributed by atoms with van der Waals surface area (Å²) in [6, 6.07) is 0. The normalized spacial score (nSPS) is 14.4. The number of hydrogen-bond donors (Lipinski definition) is 2. The van der Waals surface area contributed by atoms with Crippen molar-refractivity contribution >= 4 is 19.8 Å². The van der Waals surface area contributed by atoms with E-state index in [1.54, 1.807) is 0 Å². The Balaban J connectivity index is 4.21. The molecule has 69 heavy (non-hydrogen) atoms. The molecule has 0 spiro atoms. The van der Waals surface area contributed by atoms with Crippen molar-refractivity contribution < 1.29 is 37.6 Å². The van der Waals surface area contributed by atoms with E-state index >= 15 is 0 Å². The summed E-state index contributed by atoms with van der Waals surface area (Å²) in [6.45, 7) is 3.38. The highest BCUT2D eigenvalue weighted by atomic mass is 31.2. The topological polar surface area (TPSA) is 134 Å². The van der Waals surface area contributed by atoms with Gasteiger partial charge >= 0.3 is 19.8 Å². The van der Waals surface area contributed by atoms with Gasteiger partial charge in [-0.3, -0.25) is 18.6 Å². The van der Waals surface area contributed by atoms with Gasteiger partial charge in [0.1, 0.15) is 6.61 Å². The first-order valence-corrected chi connectivity index (χ1v) is 27.5. The Hall–Kier alpha value is -4.37. The van der Waals surface area contributed by atoms with Crippen LogP contribution in [-0.2, 0) is 32.7 Å². The first-order valence-electron chi connectivity index (χ1n) is 26.0. The van der Waals surface area contributed by atoms with Gasteiger partial charge in [0.25, 0.3) is 0 Å². The zero-order valence-electron chi connectivity index (χ0n) is 42.7. The van der Waals surface area contributed by atoms with Crippen molar-refractivity contribution in [2.24, 2.45) is 5.73 Å². The fourth-order valence-corrected chi connectivity index (χ4v) is 6.93. The average molecular weight is 974 g/mol. The third-order valence-corrected chi connectivity index (χ3v) is 10.9. The Labute approximate surface area is 419 Å². The number of allylic oxidation sites excluding steroid dienone is 26. The molecule has 9 nitrogen and oxygen atoms in total. The van der Waals surface area contributed by atoms with Crippen LogP contribution >= 0.6 is 7.82 Å². The van der Waals surface area contributed by atoms with E-state index in [1.165, 1.54) is 12.8 Å². The lowest BCUT2D eigenvalue weighted by Crippen LogP contribution is -2.29. The van der Waals surface area contributed by atoms with Crippen molar-refractivity contribution in [3.8, 4) is 0 Å². The maximum Gasteiger partial charge on any atom is 0.472 e. The van der Waals surface area contributed by atoms with Gasteiger partial charge in [-0.2, -0.15) is 0 Å². The Morgan fingerprint density at radius 1 is 0.435 bits per heavy atom. The van der Waals surface area contributed by atoms with Gasteiger partial charge in [-0.25, -0.2) is 4.57 Å². The largest absolute Gasteiger partial charge is 0.472 e. The van der Waals surface area contributed by atoms with Gasteiger partial charge in [-0.15, -0.1) is 0 Å². The van der Waals surface area contributed by atoms with Crippen molar-refractivity contribution in [2.45, 2.75) is 174 Å². The zero-order valence-corrected chi connectivity index (χ0v) is 43.6. The molecule has 3 N–H and O–H groups in total. The second kappa shape index (κ2) is 53.0. The van der Waals surface area contributed by atoms with E-state index < -0.39 is 32.5 Å². The smallest absolute Gasteiger partial charge is 0.462 e. The van der Waals surface area contributed by atoms with Gasteiger partial charge in [0.2, 0.25) is 0 Å². The SMILES string of the molecule is CC/C=C\C/C=C\C/C=C\C/C=C\C/C=C\C/C=C\C/C=C\CCCCCCCCCC(=O)OC(COC(=O)CC/C=C\C/C=C\C/C=C\C/C=C\C/C=C\C/C=C\CC)COP(=O)(O)OCCN. The summed E-state index contributed by atoms with van der Waals surface area (Å²) in [6.07, 6.45) is 77.2. The molecule has 0 saturated carbocycles. The van der Waals surface area contributed by atoms with Gasteiger partial charge < -0.3 is 20.1 Å². The first kappa shape index (κ1) is 64.6. The van der Waals surface area contributed by atoms with Crippen molar-refractivity contribution in [2.75, 3.05) is 26.4 Å². The van der Waals surface area contributed by atoms with Crippen molar-refractivity contribution in [3.63, 3.8) is 0 Å². The fraction of sp³-hybridized carbons (Fsp3) is 0.525. The highest BCUT2D eigenvalue weighted by Gasteiger charge is 2.26. The number of phosphoric acid groups is 1. The monoisotopic (exact) mass is 974 g/mol. The number of phosphoric ester groups is 1. The van der Waals surface area contributed by atoms with E-state index in [1.807, 2.05) is 12.2 Å². The Morgan fingerprint density at radius 2 is 0.783 bits per heavy atom. The van der Waals surface area contributed by atoms with E-state index in [4.69, 9.17) is 24.3 Å². The van der Waals surface area contributed by atoms with E-state index in [0.717, 1.165) is 116 Å².